The normalized spacial score (nSPS) is 23.8. The molecule has 0 saturated carbocycles. The number of hydrogen-bond acceptors (Lipinski definition) is 2. The topological polar surface area (TPSA) is 15.3 Å². The van der Waals surface area contributed by atoms with Gasteiger partial charge in [-0.15, -0.1) is 0 Å². The molecule has 1 aliphatic heterocycles. The van der Waals surface area contributed by atoms with Gasteiger partial charge in [-0.2, -0.15) is 0 Å². The Hall–Kier alpha value is -1.02. The third-order valence-electron chi connectivity index (χ3n) is 4.00. The lowest BCUT2D eigenvalue weighted by Gasteiger charge is -2.34. The van der Waals surface area contributed by atoms with E-state index in [-0.39, 0.29) is 0 Å². The zero-order valence-corrected chi connectivity index (χ0v) is 12.4. The van der Waals surface area contributed by atoms with Gasteiger partial charge in [0.1, 0.15) is 0 Å². The maximum Gasteiger partial charge on any atom is 0.0386 e. The molecule has 2 nitrogen and oxygen atoms in total. The van der Waals surface area contributed by atoms with E-state index in [0.29, 0.717) is 11.5 Å². The fourth-order valence-electron chi connectivity index (χ4n) is 2.65. The van der Waals surface area contributed by atoms with Gasteiger partial charge in [0.2, 0.25) is 0 Å². The molecule has 1 aromatic carbocycles. The van der Waals surface area contributed by atoms with E-state index in [4.69, 9.17) is 0 Å². The van der Waals surface area contributed by atoms with Crippen molar-refractivity contribution in [2.24, 2.45) is 5.41 Å². The number of anilines is 1. The predicted octanol–water partition coefficient (Wildman–Crippen LogP) is 3.13. The summed E-state index contributed by atoms with van der Waals surface area (Å²) >= 11 is 0. The minimum atomic E-state index is 0.323. The van der Waals surface area contributed by atoms with E-state index < -0.39 is 0 Å². The van der Waals surface area contributed by atoms with Crippen molar-refractivity contribution in [3.05, 3.63) is 29.3 Å². The molecular formula is C16H26N2. The van der Waals surface area contributed by atoms with E-state index in [1.54, 1.807) is 0 Å². The molecule has 1 unspecified atom stereocenters. The summed E-state index contributed by atoms with van der Waals surface area (Å²) < 4.78 is 0. The van der Waals surface area contributed by atoms with Crippen LogP contribution in [0.1, 0.15) is 31.9 Å². The maximum atomic E-state index is 3.57. The van der Waals surface area contributed by atoms with Crippen LogP contribution in [0.15, 0.2) is 18.2 Å². The molecule has 1 atom stereocenters. The highest BCUT2D eigenvalue weighted by Gasteiger charge is 2.28. The van der Waals surface area contributed by atoms with Crippen molar-refractivity contribution >= 4 is 5.69 Å². The van der Waals surface area contributed by atoms with Crippen molar-refractivity contribution < 1.29 is 0 Å². The molecule has 100 valence electrons. The van der Waals surface area contributed by atoms with Gasteiger partial charge < -0.3 is 10.2 Å². The summed E-state index contributed by atoms with van der Waals surface area (Å²) in [5.74, 6) is 0. The van der Waals surface area contributed by atoms with Crippen LogP contribution in [0.5, 0.6) is 0 Å². The van der Waals surface area contributed by atoms with Crippen LogP contribution in [0, 0.1) is 19.3 Å². The number of rotatable bonds is 1. The van der Waals surface area contributed by atoms with Crippen LogP contribution in [-0.2, 0) is 0 Å². The highest BCUT2D eigenvalue weighted by Crippen LogP contribution is 2.27. The fraction of sp³-hybridized carbons (Fsp3) is 0.625. The van der Waals surface area contributed by atoms with Crippen molar-refractivity contribution in [1.82, 2.24) is 5.32 Å². The number of nitrogens with zero attached hydrogens (tertiary/aromatic N) is 1. The van der Waals surface area contributed by atoms with Crippen molar-refractivity contribution in [3.8, 4) is 0 Å². The summed E-state index contributed by atoms with van der Waals surface area (Å²) in [6, 6.07) is 7.38. The van der Waals surface area contributed by atoms with E-state index in [9.17, 15) is 0 Å². The average Bonchev–Trinajstić information content (AvgIpc) is 2.42. The molecular weight excluding hydrogens is 220 g/mol. The second-order valence-electron chi connectivity index (χ2n) is 6.54. The standard InChI is InChI=1S/C16H26N2/c1-12-6-7-15(8-13(12)2)18-11-16(4,5)10-17-9-14(18)3/h6-8,14,17H,9-11H2,1-5H3. The Bertz CT molecular complexity index is 423. The zero-order chi connectivity index (χ0) is 13.3. The lowest BCUT2D eigenvalue weighted by atomic mass is 9.92. The third-order valence-corrected chi connectivity index (χ3v) is 4.00. The Balaban J connectivity index is 2.30. The van der Waals surface area contributed by atoms with Crippen LogP contribution in [0.2, 0.25) is 0 Å². The molecule has 1 aromatic rings. The van der Waals surface area contributed by atoms with Gasteiger partial charge in [-0.05, 0) is 49.4 Å². The molecule has 0 amide bonds. The van der Waals surface area contributed by atoms with Crippen molar-refractivity contribution in [1.29, 1.82) is 0 Å². The zero-order valence-electron chi connectivity index (χ0n) is 12.4. The Morgan fingerprint density at radius 2 is 1.94 bits per heavy atom. The minimum Gasteiger partial charge on any atom is -0.367 e. The first-order chi connectivity index (χ1) is 8.39. The molecule has 0 spiro atoms. The van der Waals surface area contributed by atoms with Gasteiger partial charge in [0, 0.05) is 31.4 Å². The first kappa shape index (κ1) is 13.4. The van der Waals surface area contributed by atoms with Gasteiger partial charge in [0.25, 0.3) is 0 Å². The smallest absolute Gasteiger partial charge is 0.0386 e. The quantitative estimate of drug-likeness (QED) is 0.819. The third kappa shape index (κ3) is 2.86. The lowest BCUT2D eigenvalue weighted by Crippen LogP contribution is -2.40. The van der Waals surface area contributed by atoms with Crippen molar-refractivity contribution in [3.63, 3.8) is 0 Å². The van der Waals surface area contributed by atoms with Gasteiger partial charge in [0.05, 0.1) is 0 Å². The van der Waals surface area contributed by atoms with Gasteiger partial charge in [-0.25, -0.2) is 0 Å². The summed E-state index contributed by atoms with van der Waals surface area (Å²) in [4.78, 5) is 2.55. The van der Waals surface area contributed by atoms with E-state index in [2.05, 4.69) is 63.0 Å². The largest absolute Gasteiger partial charge is 0.367 e. The molecule has 0 radical (unpaired) electrons. The summed E-state index contributed by atoms with van der Waals surface area (Å²) in [6.07, 6.45) is 0. The molecule has 0 bridgehead atoms. The Labute approximate surface area is 111 Å². The Kier molecular flexibility index (Phi) is 3.67. The van der Waals surface area contributed by atoms with Crippen LogP contribution in [-0.4, -0.2) is 25.7 Å². The summed E-state index contributed by atoms with van der Waals surface area (Å²) in [5, 5.41) is 3.57. The molecule has 1 fully saturated rings. The molecule has 1 N–H and O–H groups in total. The average molecular weight is 246 g/mol. The first-order valence-electron chi connectivity index (χ1n) is 6.94. The van der Waals surface area contributed by atoms with E-state index >= 15 is 0 Å². The van der Waals surface area contributed by atoms with Gasteiger partial charge in [-0.3, -0.25) is 0 Å². The summed E-state index contributed by atoms with van der Waals surface area (Å²) in [7, 11) is 0. The second kappa shape index (κ2) is 4.93. The highest BCUT2D eigenvalue weighted by molar-refractivity contribution is 5.51. The molecule has 1 heterocycles. The first-order valence-corrected chi connectivity index (χ1v) is 6.94. The van der Waals surface area contributed by atoms with Crippen LogP contribution in [0.3, 0.4) is 0 Å². The number of hydrogen-bond donors (Lipinski definition) is 1. The SMILES string of the molecule is Cc1ccc(N2CC(C)(C)CNCC2C)cc1C. The number of nitrogens with one attached hydrogen (secondary N) is 1. The van der Waals surface area contributed by atoms with Gasteiger partial charge in [0.15, 0.2) is 0 Å². The lowest BCUT2D eigenvalue weighted by molar-refractivity contribution is 0.369. The molecule has 0 aliphatic carbocycles. The van der Waals surface area contributed by atoms with E-state index in [1.807, 2.05) is 0 Å². The van der Waals surface area contributed by atoms with Crippen molar-refractivity contribution in [2.75, 3.05) is 24.5 Å². The molecule has 0 aromatic heterocycles. The molecule has 2 rings (SSSR count). The van der Waals surface area contributed by atoms with E-state index in [1.165, 1.54) is 16.8 Å². The highest BCUT2D eigenvalue weighted by atomic mass is 15.2. The fourth-order valence-corrected chi connectivity index (χ4v) is 2.65. The number of benzene rings is 1. The van der Waals surface area contributed by atoms with Crippen LogP contribution < -0.4 is 10.2 Å². The van der Waals surface area contributed by atoms with Crippen LogP contribution in [0.25, 0.3) is 0 Å². The predicted molar refractivity (Wildman–Crippen MR) is 79.4 cm³/mol. The van der Waals surface area contributed by atoms with Crippen molar-refractivity contribution in [2.45, 2.75) is 40.7 Å². The minimum absolute atomic E-state index is 0.323. The molecule has 1 aliphatic rings. The summed E-state index contributed by atoms with van der Waals surface area (Å²) in [6.45, 7) is 14.6. The van der Waals surface area contributed by atoms with Gasteiger partial charge >= 0.3 is 0 Å². The Morgan fingerprint density at radius 1 is 1.22 bits per heavy atom. The number of aryl methyl sites for hydroxylation is 2. The second-order valence-corrected chi connectivity index (χ2v) is 6.54. The summed E-state index contributed by atoms with van der Waals surface area (Å²) in [5.41, 5.74) is 4.44. The van der Waals surface area contributed by atoms with Crippen LogP contribution >= 0.6 is 0 Å². The molecule has 18 heavy (non-hydrogen) atoms. The molecule has 2 heteroatoms. The monoisotopic (exact) mass is 246 g/mol. The maximum absolute atomic E-state index is 3.57. The Morgan fingerprint density at radius 3 is 2.61 bits per heavy atom. The van der Waals surface area contributed by atoms with Crippen LogP contribution in [0.4, 0.5) is 5.69 Å². The molecule has 1 saturated heterocycles. The van der Waals surface area contributed by atoms with E-state index in [0.717, 1.165) is 19.6 Å². The van der Waals surface area contributed by atoms with Gasteiger partial charge in [-0.1, -0.05) is 19.9 Å².